The summed E-state index contributed by atoms with van der Waals surface area (Å²) in [6.07, 6.45) is 19.2. The summed E-state index contributed by atoms with van der Waals surface area (Å²) in [5.74, 6) is -0.847. The zero-order valence-electron chi connectivity index (χ0n) is 21.4. The van der Waals surface area contributed by atoms with Crippen molar-refractivity contribution in [3.63, 3.8) is 0 Å². The third-order valence-electron chi connectivity index (χ3n) is 7.24. The highest BCUT2D eigenvalue weighted by molar-refractivity contribution is 5.90. The van der Waals surface area contributed by atoms with E-state index in [0.717, 1.165) is 55.2 Å². The van der Waals surface area contributed by atoms with Crippen molar-refractivity contribution in [1.29, 1.82) is 5.26 Å². The Balaban J connectivity index is 2.22. The van der Waals surface area contributed by atoms with Crippen molar-refractivity contribution in [2.75, 3.05) is 0 Å². The second-order valence-electron chi connectivity index (χ2n) is 9.67. The molecular weight excluding hydrogens is 430 g/mol. The molecule has 0 saturated heterocycles. The molecule has 0 amide bonds. The van der Waals surface area contributed by atoms with E-state index in [0.29, 0.717) is 12.0 Å². The van der Waals surface area contributed by atoms with E-state index in [1.807, 2.05) is 54.6 Å². The zero-order chi connectivity index (χ0) is 25.1. The van der Waals surface area contributed by atoms with Crippen LogP contribution >= 0.6 is 0 Å². The van der Waals surface area contributed by atoms with Crippen molar-refractivity contribution >= 4 is 5.97 Å². The van der Waals surface area contributed by atoms with Gasteiger partial charge in [0.25, 0.3) is 0 Å². The Morgan fingerprint density at radius 2 is 1.66 bits per heavy atom. The standard InChI is InChI=1S/C32H39NO2/c1-3-5-7-8-11-16-25-20-21-29(32(31(34)35)22-14-9-15-23-32)30(27(25)18-10-6-4-2)28-19-13-12-17-26(28)24-33/h9,12-15,17,19-22H,3-8,10-11,16,18,23H2,1-2H3,(H,34,35). The fourth-order valence-corrected chi connectivity index (χ4v) is 5.25. The van der Waals surface area contributed by atoms with Crippen molar-refractivity contribution < 1.29 is 9.90 Å². The first-order valence-electron chi connectivity index (χ1n) is 13.3. The minimum Gasteiger partial charge on any atom is -0.480 e. The Kier molecular flexibility index (Phi) is 9.91. The molecule has 3 nitrogen and oxygen atoms in total. The number of aliphatic carboxylic acids is 1. The molecule has 3 rings (SSSR count). The lowest BCUT2D eigenvalue weighted by Gasteiger charge is -2.32. The van der Waals surface area contributed by atoms with E-state index in [9.17, 15) is 15.2 Å². The summed E-state index contributed by atoms with van der Waals surface area (Å²) >= 11 is 0. The molecule has 184 valence electrons. The van der Waals surface area contributed by atoms with Crippen LogP contribution in [0.1, 0.15) is 93.9 Å². The molecule has 1 aliphatic carbocycles. The lowest BCUT2D eigenvalue weighted by Crippen LogP contribution is -2.35. The minimum absolute atomic E-state index is 0.408. The molecule has 0 radical (unpaired) electrons. The fourth-order valence-electron chi connectivity index (χ4n) is 5.25. The van der Waals surface area contributed by atoms with Crippen LogP contribution in [0.3, 0.4) is 0 Å². The second kappa shape index (κ2) is 13.1. The quantitative estimate of drug-likeness (QED) is 0.300. The summed E-state index contributed by atoms with van der Waals surface area (Å²) in [6, 6.07) is 14.2. The van der Waals surface area contributed by atoms with Crippen LogP contribution in [0.2, 0.25) is 0 Å². The van der Waals surface area contributed by atoms with Crippen LogP contribution < -0.4 is 0 Å². The molecule has 0 aromatic heterocycles. The van der Waals surface area contributed by atoms with Crippen LogP contribution in [0.25, 0.3) is 11.1 Å². The number of aryl methyl sites for hydroxylation is 1. The molecule has 3 heteroatoms. The molecule has 0 fully saturated rings. The van der Waals surface area contributed by atoms with Gasteiger partial charge in [0.05, 0.1) is 11.6 Å². The second-order valence-corrected chi connectivity index (χ2v) is 9.67. The lowest BCUT2D eigenvalue weighted by atomic mass is 9.70. The molecule has 0 heterocycles. The Morgan fingerprint density at radius 1 is 0.943 bits per heavy atom. The highest BCUT2D eigenvalue weighted by Gasteiger charge is 2.40. The fraction of sp³-hybridized carbons (Fsp3) is 0.438. The molecule has 0 saturated carbocycles. The average molecular weight is 470 g/mol. The Hall–Kier alpha value is -3.12. The highest BCUT2D eigenvalue weighted by Crippen LogP contribution is 2.43. The first-order chi connectivity index (χ1) is 17.1. The number of carboxylic acids is 1. The van der Waals surface area contributed by atoms with Gasteiger partial charge in [-0.1, -0.05) is 107 Å². The van der Waals surface area contributed by atoms with Gasteiger partial charge in [-0.05, 0) is 60.4 Å². The average Bonchev–Trinajstić information content (AvgIpc) is 2.89. The van der Waals surface area contributed by atoms with Gasteiger partial charge in [-0.25, -0.2) is 0 Å². The molecule has 1 aliphatic rings. The van der Waals surface area contributed by atoms with Gasteiger partial charge in [0, 0.05) is 5.56 Å². The van der Waals surface area contributed by atoms with Gasteiger partial charge >= 0.3 is 5.97 Å². The van der Waals surface area contributed by atoms with Crippen LogP contribution in [-0.4, -0.2) is 11.1 Å². The first kappa shape index (κ1) is 26.5. The van der Waals surface area contributed by atoms with Gasteiger partial charge in [0.15, 0.2) is 0 Å². The van der Waals surface area contributed by atoms with Crippen LogP contribution in [0.15, 0.2) is 60.7 Å². The van der Waals surface area contributed by atoms with E-state index in [4.69, 9.17) is 0 Å². The monoisotopic (exact) mass is 469 g/mol. The molecule has 1 unspecified atom stereocenters. The maximum atomic E-state index is 12.8. The lowest BCUT2D eigenvalue weighted by molar-refractivity contribution is -0.141. The van der Waals surface area contributed by atoms with Gasteiger partial charge in [-0.3, -0.25) is 4.79 Å². The summed E-state index contributed by atoms with van der Waals surface area (Å²) < 4.78 is 0. The van der Waals surface area contributed by atoms with Crippen LogP contribution in [-0.2, 0) is 23.1 Å². The predicted octanol–water partition coefficient (Wildman–Crippen LogP) is 8.31. The Bertz CT molecular complexity index is 1110. The number of hydrogen-bond acceptors (Lipinski definition) is 2. The molecular formula is C32H39NO2. The topological polar surface area (TPSA) is 61.1 Å². The van der Waals surface area contributed by atoms with Gasteiger partial charge in [0.1, 0.15) is 5.41 Å². The van der Waals surface area contributed by atoms with E-state index in [-0.39, 0.29) is 0 Å². The van der Waals surface area contributed by atoms with E-state index < -0.39 is 11.4 Å². The van der Waals surface area contributed by atoms with Crippen molar-refractivity contribution in [3.8, 4) is 17.2 Å². The number of allylic oxidation sites excluding steroid dienone is 3. The van der Waals surface area contributed by atoms with E-state index in [2.05, 4.69) is 26.0 Å². The van der Waals surface area contributed by atoms with Gasteiger partial charge < -0.3 is 5.11 Å². The van der Waals surface area contributed by atoms with Gasteiger partial charge in [0.2, 0.25) is 0 Å². The smallest absolute Gasteiger partial charge is 0.318 e. The van der Waals surface area contributed by atoms with E-state index >= 15 is 0 Å². The highest BCUT2D eigenvalue weighted by atomic mass is 16.4. The molecule has 1 N–H and O–H groups in total. The maximum absolute atomic E-state index is 12.8. The molecule has 0 bridgehead atoms. The van der Waals surface area contributed by atoms with Crippen molar-refractivity contribution in [1.82, 2.24) is 0 Å². The molecule has 2 aromatic rings. The third kappa shape index (κ3) is 6.12. The van der Waals surface area contributed by atoms with Crippen LogP contribution in [0.5, 0.6) is 0 Å². The van der Waals surface area contributed by atoms with Crippen LogP contribution in [0, 0.1) is 11.3 Å². The molecule has 1 atom stereocenters. The Morgan fingerprint density at radius 3 is 2.34 bits per heavy atom. The number of carboxylic acid groups (broad SMARTS) is 1. The minimum atomic E-state index is -1.13. The predicted molar refractivity (Wildman–Crippen MR) is 144 cm³/mol. The Labute approximate surface area is 211 Å². The number of unbranched alkanes of at least 4 members (excludes halogenated alkanes) is 6. The number of carbonyl (C=O) groups is 1. The zero-order valence-corrected chi connectivity index (χ0v) is 21.4. The molecule has 0 aliphatic heterocycles. The summed E-state index contributed by atoms with van der Waals surface area (Å²) in [7, 11) is 0. The SMILES string of the molecule is CCCCCCCc1ccc(C2(C(=O)O)C=CC=CC2)c(-c2ccccc2C#N)c1CCCCC. The first-order valence-corrected chi connectivity index (χ1v) is 13.3. The van der Waals surface area contributed by atoms with Gasteiger partial charge in [-0.2, -0.15) is 5.26 Å². The number of nitriles is 1. The van der Waals surface area contributed by atoms with Crippen molar-refractivity contribution in [2.45, 2.75) is 89.9 Å². The molecule has 2 aromatic carbocycles. The maximum Gasteiger partial charge on any atom is 0.318 e. The molecule has 0 spiro atoms. The summed E-state index contributed by atoms with van der Waals surface area (Å²) in [6.45, 7) is 4.44. The summed E-state index contributed by atoms with van der Waals surface area (Å²) in [5, 5.41) is 20.4. The van der Waals surface area contributed by atoms with E-state index in [1.54, 1.807) is 0 Å². The van der Waals surface area contributed by atoms with Gasteiger partial charge in [-0.15, -0.1) is 0 Å². The number of nitrogens with zero attached hydrogens (tertiary/aromatic N) is 1. The van der Waals surface area contributed by atoms with E-state index in [1.165, 1.54) is 36.8 Å². The number of hydrogen-bond donors (Lipinski definition) is 1. The number of rotatable bonds is 13. The van der Waals surface area contributed by atoms with Crippen molar-refractivity contribution in [3.05, 3.63) is 83.0 Å². The normalized spacial score (nSPS) is 16.8. The van der Waals surface area contributed by atoms with Crippen molar-refractivity contribution in [2.24, 2.45) is 0 Å². The largest absolute Gasteiger partial charge is 0.480 e. The van der Waals surface area contributed by atoms with Crippen LogP contribution in [0.4, 0.5) is 0 Å². The number of benzene rings is 2. The third-order valence-corrected chi connectivity index (χ3v) is 7.24. The summed E-state index contributed by atoms with van der Waals surface area (Å²) in [5.41, 5.74) is 4.62. The summed E-state index contributed by atoms with van der Waals surface area (Å²) in [4.78, 5) is 12.8. The molecule has 35 heavy (non-hydrogen) atoms.